The molecule has 1 saturated carbocycles. The topological polar surface area (TPSA) is 93.7 Å². The van der Waals surface area contributed by atoms with Crippen molar-refractivity contribution in [3.63, 3.8) is 0 Å². The van der Waals surface area contributed by atoms with Crippen molar-refractivity contribution in [1.29, 1.82) is 0 Å². The van der Waals surface area contributed by atoms with Crippen molar-refractivity contribution < 1.29 is 23.9 Å². The summed E-state index contributed by atoms with van der Waals surface area (Å²) in [4.78, 5) is 36.2. The van der Waals surface area contributed by atoms with Crippen LogP contribution in [0, 0.1) is 5.92 Å². The third-order valence-corrected chi connectivity index (χ3v) is 5.73. The maximum Gasteiger partial charge on any atom is 0.308 e. The fourth-order valence-electron chi connectivity index (χ4n) is 3.74. The van der Waals surface area contributed by atoms with E-state index in [1.807, 2.05) is 6.92 Å². The van der Waals surface area contributed by atoms with Gasteiger partial charge in [0, 0.05) is 29.2 Å². The summed E-state index contributed by atoms with van der Waals surface area (Å²) >= 11 is 5.89. The van der Waals surface area contributed by atoms with Crippen LogP contribution in [0.15, 0.2) is 48.5 Å². The number of hydrogen-bond donors (Lipinski definition) is 2. The molecule has 8 heteroatoms. The van der Waals surface area contributed by atoms with Gasteiger partial charge in [-0.2, -0.15) is 0 Å². The van der Waals surface area contributed by atoms with Crippen LogP contribution in [0.25, 0.3) is 0 Å². The Labute approximate surface area is 198 Å². The number of rotatable bonds is 9. The van der Waals surface area contributed by atoms with Crippen LogP contribution in [0.3, 0.4) is 0 Å². The standard InChI is InChI=1S/C25H29ClN2O5/c1-2-32-25(31)18-8-12-22(13-9-18)33-21-10-6-17(7-11-21)23(29)27-14-15-28-24(30)19-4-3-5-20(26)16-19/h3-7,10-11,16,18,22H,2,8-9,12-15H2,1H3,(H,27,29)(H,28,30). The molecule has 0 unspecified atom stereocenters. The molecule has 0 aromatic heterocycles. The highest BCUT2D eigenvalue weighted by Gasteiger charge is 2.28. The molecule has 0 bridgehead atoms. The van der Waals surface area contributed by atoms with Gasteiger partial charge in [-0.05, 0) is 75.1 Å². The van der Waals surface area contributed by atoms with Crippen molar-refractivity contribution in [2.45, 2.75) is 38.7 Å². The summed E-state index contributed by atoms with van der Waals surface area (Å²) in [5, 5.41) is 6.02. The van der Waals surface area contributed by atoms with E-state index in [1.165, 1.54) is 0 Å². The van der Waals surface area contributed by atoms with Gasteiger partial charge in [-0.15, -0.1) is 0 Å². The number of esters is 1. The molecule has 0 radical (unpaired) electrons. The fraction of sp³-hybridized carbons (Fsp3) is 0.400. The average molecular weight is 473 g/mol. The molecule has 176 valence electrons. The molecular weight excluding hydrogens is 444 g/mol. The van der Waals surface area contributed by atoms with Crippen molar-refractivity contribution in [2.75, 3.05) is 19.7 Å². The number of carbonyl (C=O) groups is 3. The minimum absolute atomic E-state index is 0.0360. The molecule has 2 amide bonds. The summed E-state index contributed by atoms with van der Waals surface area (Å²) in [6, 6.07) is 13.6. The Morgan fingerprint density at radius 3 is 2.15 bits per heavy atom. The Hall–Kier alpha value is -3.06. The average Bonchev–Trinajstić information content (AvgIpc) is 2.82. The second-order valence-corrected chi connectivity index (χ2v) is 8.33. The highest BCUT2D eigenvalue weighted by Crippen LogP contribution is 2.28. The number of ether oxygens (including phenoxy) is 2. The van der Waals surface area contributed by atoms with E-state index < -0.39 is 0 Å². The number of hydrogen-bond acceptors (Lipinski definition) is 5. The quantitative estimate of drug-likeness (QED) is 0.425. The molecular formula is C25H29ClN2O5. The molecule has 0 aliphatic heterocycles. The number of nitrogens with one attached hydrogen (secondary N) is 2. The molecule has 0 saturated heterocycles. The Morgan fingerprint density at radius 1 is 0.909 bits per heavy atom. The zero-order valence-electron chi connectivity index (χ0n) is 18.6. The van der Waals surface area contributed by atoms with Crippen LogP contribution >= 0.6 is 11.6 Å². The predicted molar refractivity (Wildman–Crippen MR) is 126 cm³/mol. The summed E-state index contributed by atoms with van der Waals surface area (Å²) in [5.41, 5.74) is 0.980. The Balaban J connectivity index is 1.37. The van der Waals surface area contributed by atoms with E-state index in [1.54, 1.807) is 48.5 Å². The van der Waals surface area contributed by atoms with Crippen molar-refractivity contribution in [2.24, 2.45) is 5.92 Å². The first-order valence-corrected chi connectivity index (χ1v) is 11.6. The van der Waals surface area contributed by atoms with Gasteiger partial charge in [-0.25, -0.2) is 0 Å². The Kier molecular flexibility index (Phi) is 9.13. The van der Waals surface area contributed by atoms with Gasteiger partial charge < -0.3 is 20.1 Å². The summed E-state index contributed by atoms with van der Waals surface area (Å²) in [6.45, 7) is 2.82. The molecule has 2 aromatic rings. The summed E-state index contributed by atoms with van der Waals surface area (Å²) < 4.78 is 11.1. The van der Waals surface area contributed by atoms with Gasteiger partial charge in [0.2, 0.25) is 0 Å². The Bertz CT molecular complexity index is 956. The third kappa shape index (κ3) is 7.49. The Morgan fingerprint density at radius 2 is 1.55 bits per heavy atom. The summed E-state index contributed by atoms with van der Waals surface area (Å²) in [7, 11) is 0. The molecule has 3 rings (SSSR count). The molecule has 0 heterocycles. The van der Waals surface area contributed by atoms with Crippen molar-refractivity contribution in [3.8, 4) is 5.75 Å². The van der Waals surface area contributed by atoms with E-state index in [2.05, 4.69) is 10.6 Å². The molecule has 1 fully saturated rings. The zero-order valence-corrected chi connectivity index (χ0v) is 19.4. The van der Waals surface area contributed by atoms with Crippen LogP contribution in [0.4, 0.5) is 0 Å². The van der Waals surface area contributed by atoms with Crippen LogP contribution in [0.2, 0.25) is 5.02 Å². The summed E-state index contributed by atoms with van der Waals surface area (Å²) in [6.07, 6.45) is 3.17. The van der Waals surface area contributed by atoms with Gasteiger partial charge in [-0.3, -0.25) is 14.4 Å². The molecule has 2 aromatic carbocycles. The number of halogens is 1. The van der Waals surface area contributed by atoms with Crippen LogP contribution in [0.5, 0.6) is 5.75 Å². The van der Waals surface area contributed by atoms with Gasteiger partial charge in [-0.1, -0.05) is 17.7 Å². The highest BCUT2D eigenvalue weighted by atomic mass is 35.5. The number of benzene rings is 2. The van der Waals surface area contributed by atoms with Gasteiger partial charge in [0.15, 0.2) is 0 Å². The monoisotopic (exact) mass is 472 g/mol. The molecule has 0 atom stereocenters. The van der Waals surface area contributed by atoms with Crippen LogP contribution in [0.1, 0.15) is 53.3 Å². The minimum atomic E-state index is -0.246. The minimum Gasteiger partial charge on any atom is -0.490 e. The lowest BCUT2D eigenvalue weighted by Crippen LogP contribution is -2.34. The molecule has 1 aliphatic rings. The van der Waals surface area contributed by atoms with Crippen molar-refractivity contribution in [3.05, 3.63) is 64.7 Å². The van der Waals surface area contributed by atoms with Gasteiger partial charge in [0.05, 0.1) is 18.6 Å². The van der Waals surface area contributed by atoms with E-state index in [0.717, 1.165) is 25.7 Å². The van der Waals surface area contributed by atoms with Gasteiger partial charge in [0.25, 0.3) is 11.8 Å². The van der Waals surface area contributed by atoms with Crippen molar-refractivity contribution in [1.82, 2.24) is 10.6 Å². The number of amides is 2. The van der Waals surface area contributed by atoms with Crippen LogP contribution in [-0.2, 0) is 9.53 Å². The van der Waals surface area contributed by atoms with E-state index >= 15 is 0 Å². The molecule has 0 spiro atoms. The maximum absolute atomic E-state index is 12.3. The SMILES string of the molecule is CCOC(=O)C1CCC(Oc2ccc(C(=O)NCCNC(=O)c3cccc(Cl)c3)cc2)CC1. The van der Waals surface area contributed by atoms with E-state index in [0.29, 0.717) is 41.6 Å². The van der Waals surface area contributed by atoms with Crippen LogP contribution in [-0.4, -0.2) is 43.6 Å². The normalized spacial score (nSPS) is 17.6. The fourth-order valence-corrected chi connectivity index (χ4v) is 3.93. The smallest absolute Gasteiger partial charge is 0.308 e. The first-order chi connectivity index (χ1) is 16.0. The first-order valence-electron chi connectivity index (χ1n) is 11.2. The lowest BCUT2D eigenvalue weighted by molar-refractivity contribution is -0.149. The largest absolute Gasteiger partial charge is 0.490 e. The molecule has 7 nitrogen and oxygen atoms in total. The van der Waals surface area contributed by atoms with E-state index in [4.69, 9.17) is 21.1 Å². The molecule has 1 aliphatic carbocycles. The lowest BCUT2D eigenvalue weighted by atomic mass is 9.87. The van der Waals surface area contributed by atoms with E-state index in [-0.39, 0.29) is 29.8 Å². The molecule has 33 heavy (non-hydrogen) atoms. The third-order valence-electron chi connectivity index (χ3n) is 5.50. The van der Waals surface area contributed by atoms with Crippen molar-refractivity contribution >= 4 is 29.4 Å². The van der Waals surface area contributed by atoms with E-state index in [9.17, 15) is 14.4 Å². The zero-order chi connectivity index (χ0) is 23.6. The van der Waals surface area contributed by atoms with Gasteiger partial charge in [0.1, 0.15) is 5.75 Å². The lowest BCUT2D eigenvalue weighted by Gasteiger charge is -2.27. The summed E-state index contributed by atoms with van der Waals surface area (Å²) in [5.74, 6) is 0.0689. The first kappa shape index (κ1) is 24.6. The predicted octanol–water partition coefficient (Wildman–Crippen LogP) is 4.00. The van der Waals surface area contributed by atoms with Crippen LogP contribution < -0.4 is 15.4 Å². The molecule has 2 N–H and O–H groups in total. The second kappa shape index (κ2) is 12.3. The second-order valence-electron chi connectivity index (χ2n) is 7.89. The maximum atomic E-state index is 12.3. The number of carbonyl (C=O) groups excluding carboxylic acids is 3. The highest BCUT2D eigenvalue weighted by molar-refractivity contribution is 6.30. The van der Waals surface area contributed by atoms with Gasteiger partial charge >= 0.3 is 5.97 Å².